The van der Waals surface area contributed by atoms with Crippen LogP contribution in [0.25, 0.3) is 5.69 Å². The molecule has 1 heterocycles. The maximum Gasteiger partial charge on any atom is 0.233 e. The van der Waals surface area contributed by atoms with Gasteiger partial charge in [0.2, 0.25) is 5.91 Å². The monoisotopic (exact) mass is 363 g/mol. The van der Waals surface area contributed by atoms with Gasteiger partial charge in [0.05, 0.1) is 17.3 Å². The van der Waals surface area contributed by atoms with Gasteiger partial charge in [-0.25, -0.2) is 9.07 Å². The van der Waals surface area contributed by atoms with Gasteiger partial charge in [-0.15, -0.1) is 0 Å². The Hall–Kier alpha value is -2.95. The lowest BCUT2D eigenvalue weighted by Gasteiger charge is -2.43. The fourth-order valence-electron chi connectivity index (χ4n) is 3.80. The quantitative estimate of drug-likeness (QED) is 0.685. The van der Waals surface area contributed by atoms with E-state index < -0.39 is 5.41 Å². The second-order valence-electron chi connectivity index (χ2n) is 7.23. The lowest BCUT2D eigenvalue weighted by molar-refractivity contribution is -0.140. The first-order valence-electron chi connectivity index (χ1n) is 9.19. The molecule has 1 aliphatic rings. The maximum atomic E-state index is 13.3. The molecule has 0 N–H and O–H groups in total. The Balaban J connectivity index is 1.51. The van der Waals surface area contributed by atoms with Gasteiger partial charge in [0, 0.05) is 25.4 Å². The van der Waals surface area contributed by atoms with Crippen LogP contribution in [0.3, 0.4) is 0 Å². The number of para-hydroxylation sites is 1. The average molecular weight is 363 g/mol. The smallest absolute Gasteiger partial charge is 0.233 e. The molecule has 1 aromatic heterocycles. The molecule has 4 nitrogen and oxygen atoms in total. The SMILES string of the molecule is CN(Cc1cnn(-c2ccccc2)c1)C(=O)C1(c2ccc(F)cc2)CCC1. The third-order valence-corrected chi connectivity index (χ3v) is 5.44. The van der Waals surface area contributed by atoms with Crippen LogP contribution in [-0.4, -0.2) is 27.6 Å². The molecule has 27 heavy (non-hydrogen) atoms. The van der Waals surface area contributed by atoms with Gasteiger partial charge >= 0.3 is 0 Å². The number of aromatic nitrogens is 2. The Kier molecular flexibility index (Phi) is 4.52. The van der Waals surface area contributed by atoms with E-state index >= 15 is 0 Å². The molecule has 0 atom stereocenters. The first kappa shape index (κ1) is 17.5. The zero-order valence-corrected chi connectivity index (χ0v) is 15.3. The highest BCUT2D eigenvalue weighted by Gasteiger charge is 2.46. The van der Waals surface area contributed by atoms with E-state index in [1.54, 1.807) is 23.2 Å². The van der Waals surface area contributed by atoms with Crippen molar-refractivity contribution in [1.82, 2.24) is 14.7 Å². The number of benzene rings is 2. The number of hydrogen-bond acceptors (Lipinski definition) is 2. The van der Waals surface area contributed by atoms with Crippen LogP contribution < -0.4 is 0 Å². The molecule has 0 unspecified atom stereocenters. The van der Waals surface area contributed by atoms with Gasteiger partial charge in [-0.2, -0.15) is 5.10 Å². The zero-order chi connectivity index (χ0) is 18.9. The molecule has 5 heteroatoms. The highest BCUT2D eigenvalue weighted by atomic mass is 19.1. The molecule has 3 aromatic rings. The molecule has 4 rings (SSSR count). The molecule has 0 radical (unpaired) electrons. The van der Waals surface area contributed by atoms with Crippen LogP contribution in [0, 0.1) is 5.82 Å². The first-order valence-corrected chi connectivity index (χ1v) is 9.19. The molecular weight excluding hydrogens is 341 g/mol. The molecule has 0 spiro atoms. The van der Waals surface area contributed by atoms with Gasteiger partial charge < -0.3 is 4.90 Å². The van der Waals surface area contributed by atoms with Crippen molar-refractivity contribution in [2.75, 3.05) is 7.05 Å². The van der Waals surface area contributed by atoms with Crippen LogP contribution in [-0.2, 0) is 16.8 Å². The normalized spacial score (nSPS) is 15.2. The van der Waals surface area contributed by atoms with Crippen molar-refractivity contribution in [3.63, 3.8) is 0 Å². The maximum absolute atomic E-state index is 13.3. The number of nitrogens with zero attached hydrogens (tertiary/aromatic N) is 3. The number of likely N-dealkylation sites (N-methyl/N-ethyl adjacent to an activating group) is 1. The zero-order valence-electron chi connectivity index (χ0n) is 15.3. The Morgan fingerprint density at radius 1 is 1.15 bits per heavy atom. The van der Waals surface area contributed by atoms with Gasteiger partial charge in [0.25, 0.3) is 0 Å². The Morgan fingerprint density at radius 2 is 1.85 bits per heavy atom. The molecule has 1 saturated carbocycles. The van der Waals surface area contributed by atoms with Gasteiger partial charge in [-0.3, -0.25) is 4.79 Å². The third-order valence-electron chi connectivity index (χ3n) is 5.44. The molecule has 138 valence electrons. The van der Waals surface area contributed by atoms with E-state index in [1.807, 2.05) is 48.3 Å². The standard InChI is InChI=1S/C22H22FN3O/c1-25(15-17-14-24-26(16-17)20-6-3-2-4-7-20)21(27)22(12-5-13-22)18-8-10-19(23)11-9-18/h2-4,6-11,14,16H,5,12-13,15H2,1H3. The van der Waals surface area contributed by atoms with Gasteiger partial charge in [0.1, 0.15) is 5.82 Å². The predicted molar refractivity (Wildman–Crippen MR) is 102 cm³/mol. The van der Waals surface area contributed by atoms with Crippen molar-refractivity contribution < 1.29 is 9.18 Å². The molecular formula is C22H22FN3O. The highest BCUT2D eigenvalue weighted by molar-refractivity contribution is 5.89. The van der Waals surface area contributed by atoms with E-state index in [0.29, 0.717) is 6.54 Å². The lowest BCUT2D eigenvalue weighted by Crippen LogP contribution is -2.49. The number of amides is 1. The number of rotatable bonds is 5. The summed E-state index contributed by atoms with van der Waals surface area (Å²) in [6, 6.07) is 16.2. The van der Waals surface area contributed by atoms with Crippen LogP contribution >= 0.6 is 0 Å². The molecule has 0 bridgehead atoms. The highest BCUT2D eigenvalue weighted by Crippen LogP contribution is 2.45. The second-order valence-corrected chi connectivity index (χ2v) is 7.23. The van der Waals surface area contributed by atoms with Crippen LogP contribution in [0.5, 0.6) is 0 Å². The molecule has 1 amide bonds. The lowest BCUT2D eigenvalue weighted by atomic mass is 9.63. The van der Waals surface area contributed by atoms with Crippen molar-refractivity contribution in [2.24, 2.45) is 0 Å². The van der Waals surface area contributed by atoms with E-state index in [9.17, 15) is 9.18 Å². The van der Waals surface area contributed by atoms with E-state index in [4.69, 9.17) is 0 Å². The summed E-state index contributed by atoms with van der Waals surface area (Å²) in [7, 11) is 1.83. The molecule has 0 aliphatic heterocycles. The summed E-state index contributed by atoms with van der Waals surface area (Å²) < 4.78 is 15.1. The summed E-state index contributed by atoms with van der Waals surface area (Å²) in [5, 5.41) is 4.40. The van der Waals surface area contributed by atoms with Gasteiger partial charge in [0.15, 0.2) is 0 Å². The molecule has 2 aromatic carbocycles. The Labute approximate surface area is 158 Å². The second kappa shape index (κ2) is 6.99. The number of halogens is 1. The Morgan fingerprint density at radius 3 is 2.48 bits per heavy atom. The molecule has 1 aliphatic carbocycles. The third kappa shape index (κ3) is 3.25. The Bertz CT molecular complexity index is 930. The summed E-state index contributed by atoms with van der Waals surface area (Å²) in [4.78, 5) is 15.0. The van der Waals surface area contributed by atoms with Crippen molar-refractivity contribution in [3.8, 4) is 5.69 Å². The van der Waals surface area contributed by atoms with E-state index in [1.165, 1.54) is 12.1 Å². The fourth-order valence-corrected chi connectivity index (χ4v) is 3.80. The topological polar surface area (TPSA) is 38.1 Å². The average Bonchev–Trinajstić information content (AvgIpc) is 3.11. The minimum absolute atomic E-state index is 0.0906. The van der Waals surface area contributed by atoms with Crippen molar-refractivity contribution >= 4 is 5.91 Å². The number of carbonyl (C=O) groups excluding carboxylic acids is 1. The summed E-state index contributed by atoms with van der Waals surface area (Å²) >= 11 is 0. The van der Waals surface area contributed by atoms with Crippen molar-refractivity contribution in [2.45, 2.75) is 31.2 Å². The minimum Gasteiger partial charge on any atom is -0.341 e. The van der Waals surface area contributed by atoms with Gasteiger partial charge in [-0.05, 0) is 42.7 Å². The molecule has 0 saturated heterocycles. The predicted octanol–water partition coefficient (Wildman–Crippen LogP) is 4.09. The number of hydrogen-bond donors (Lipinski definition) is 0. The van der Waals surface area contributed by atoms with E-state index in [0.717, 1.165) is 36.1 Å². The summed E-state index contributed by atoms with van der Waals surface area (Å²) in [5.74, 6) is -0.185. The van der Waals surface area contributed by atoms with Gasteiger partial charge in [-0.1, -0.05) is 36.8 Å². The number of carbonyl (C=O) groups is 1. The van der Waals surface area contributed by atoms with Crippen LogP contribution in [0.4, 0.5) is 4.39 Å². The summed E-state index contributed by atoms with van der Waals surface area (Å²) in [5.41, 5.74) is 2.35. The van der Waals surface area contributed by atoms with Crippen LogP contribution in [0.1, 0.15) is 30.4 Å². The van der Waals surface area contributed by atoms with Crippen molar-refractivity contribution in [1.29, 1.82) is 0 Å². The fraction of sp³-hybridized carbons (Fsp3) is 0.273. The molecule has 1 fully saturated rings. The van der Waals surface area contributed by atoms with Crippen molar-refractivity contribution in [3.05, 3.63) is 83.9 Å². The van der Waals surface area contributed by atoms with E-state index in [-0.39, 0.29) is 11.7 Å². The van der Waals surface area contributed by atoms with E-state index in [2.05, 4.69) is 5.10 Å². The largest absolute Gasteiger partial charge is 0.341 e. The summed E-state index contributed by atoms with van der Waals surface area (Å²) in [6.45, 7) is 0.495. The summed E-state index contributed by atoms with van der Waals surface area (Å²) in [6.07, 6.45) is 6.38. The van der Waals surface area contributed by atoms with Crippen LogP contribution in [0.2, 0.25) is 0 Å². The minimum atomic E-state index is -0.516. The first-order chi connectivity index (χ1) is 13.1. The van der Waals surface area contributed by atoms with Crippen LogP contribution in [0.15, 0.2) is 67.0 Å².